The van der Waals surface area contributed by atoms with Gasteiger partial charge in [-0.25, -0.2) is 18.6 Å². The predicted molar refractivity (Wildman–Crippen MR) is 147 cm³/mol. The summed E-state index contributed by atoms with van der Waals surface area (Å²) in [6.07, 6.45) is 1.60. The number of aromatic nitrogens is 1. The molecule has 208 valence electrons. The molecule has 1 aromatic heterocycles. The van der Waals surface area contributed by atoms with Crippen LogP contribution in [0.3, 0.4) is 0 Å². The van der Waals surface area contributed by atoms with Crippen LogP contribution in [0.4, 0.5) is 14.6 Å². The standard InChI is InChI=1S/C29H26Cl2F2N4O3/c1-28(2,3)13-21-29(14-34,18-10-9-15(30)12-20(18)32)22(16-6-4-8-19(31)23(16)33)24(36-21)26(38)37-25-17(27(39)40)7-5-11-35-25/h4-12,21-22,24,36H,13H2,1-3H3,(H,39,40)(H,35,37,38)/t21-,22-,24+,29-/m0/s1. The first kappa shape index (κ1) is 29.4. The monoisotopic (exact) mass is 586 g/mol. The lowest BCUT2D eigenvalue weighted by Gasteiger charge is -2.37. The van der Waals surface area contributed by atoms with Crippen molar-refractivity contribution in [2.75, 3.05) is 5.32 Å². The summed E-state index contributed by atoms with van der Waals surface area (Å²) < 4.78 is 31.4. The Morgan fingerprint density at radius 1 is 1.18 bits per heavy atom. The summed E-state index contributed by atoms with van der Waals surface area (Å²) in [5, 5.41) is 26.0. The number of nitrogens with zero attached hydrogens (tertiary/aromatic N) is 2. The summed E-state index contributed by atoms with van der Waals surface area (Å²) in [5.41, 5.74) is -2.63. The zero-order valence-electron chi connectivity index (χ0n) is 21.8. The van der Waals surface area contributed by atoms with Gasteiger partial charge in [0, 0.05) is 28.7 Å². The van der Waals surface area contributed by atoms with E-state index in [0.717, 1.165) is 6.07 Å². The minimum atomic E-state index is -1.81. The summed E-state index contributed by atoms with van der Waals surface area (Å²) >= 11 is 12.2. The number of hydrogen-bond donors (Lipinski definition) is 3. The van der Waals surface area contributed by atoms with Gasteiger partial charge in [0.2, 0.25) is 5.91 Å². The second-order valence-corrected chi connectivity index (χ2v) is 11.7. The number of hydrogen-bond acceptors (Lipinski definition) is 5. The van der Waals surface area contributed by atoms with Crippen molar-refractivity contribution in [2.24, 2.45) is 5.41 Å². The lowest BCUT2D eigenvalue weighted by atomic mass is 9.62. The SMILES string of the molecule is CC(C)(C)C[C@@H]1N[C@@H](C(=O)Nc2ncccc2C(=O)O)[C@H](c2cccc(Cl)c2F)[C@@]1(C#N)c1ccc(Cl)cc1F. The molecule has 3 aromatic rings. The van der Waals surface area contributed by atoms with Crippen molar-refractivity contribution >= 4 is 40.9 Å². The van der Waals surface area contributed by atoms with Crippen LogP contribution in [0.1, 0.15) is 54.6 Å². The molecule has 1 aliphatic rings. The smallest absolute Gasteiger partial charge is 0.339 e. The van der Waals surface area contributed by atoms with Gasteiger partial charge >= 0.3 is 5.97 Å². The van der Waals surface area contributed by atoms with E-state index in [1.165, 1.54) is 48.7 Å². The third-order valence-corrected chi connectivity index (χ3v) is 7.54. The fourth-order valence-electron chi connectivity index (χ4n) is 5.43. The zero-order valence-corrected chi connectivity index (χ0v) is 23.3. The number of carbonyl (C=O) groups excluding carboxylic acids is 1. The normalized spacial score (nSPS) is 22.5. The van der Waals surface area contributed by atoms with E-state index in [2.05, 4.69) is 21.7 Å². The number of pyridine rings is 1. The minimum Gasteiger partial charge on any atom is -0.478 e. The van der Waals surface area contributed by atoms with E-state index in [1.54, 1.807) is 0 Å². The number of carboxylic acid groups (broad SMARTS) is 1. The number of benzene rings is 2. The summed E-state index contributed by atoms with van der Waals surface area (Å²) in [6.45, 7) is 5.76. The molecule has 2 heterocycles. The lowest BCUT2D eigenvalue weighted by Crippen LogP contribution is -2.45. The van der Waals surface area contributed by atoms with Crippen LogP contribution in [0.15, 0.2) is 54.7 Å². The van der Waals surface area contributed by atoms with Crippen molar-refractivity contribution in [3.05, 3.63) is 93.1 Å². The molecule has 7 nitrogen and oxygen atoms in total. The Bertz CT molecular complexity index is 1520. The molecule has 0 aliphatic carbocycles. The van der Waals surface area contributed by atoms with Gasteiger partial charge in [-0.1, -0.05) is 62.2 Å². The molecular formula is C29H26Cl2F2N4O3. The highest BCUT2D eigenvalue weighted by atomic mass is 35.5. The molecule has 4 atom stereocenters. The average Bonchev–Trinajstić information content (AvgIpc) is 3.19. The van der Waals surface area contributed by atoms with E-state index in [4.69, 9.17) is 23.2 Å². The maximum atomic E-state index is 15.7. The number of amides is 1. The van der Waals surface area contributed by atoms with Gasteiger partial charge in [0.25, 0.3) is 0 Å². The van der Waals surface area contributed by atoms with Gasteiger partial charge in [-0.3, -0.25) is 4.79 Å². The quantitative estimate of drug-likeness (QED) is 0.311. The second kappa shape index (κ2) is 11.1. The molecule has 0 spiro atoms. The lowest BCUT2D eigenvalue weighted by molar-refractivity contribution is -0.118. The van der Waals surface area contributed by atoms with Crippen molar-refractivity contribution in [3.8, 4) is 6.07 Å². The van der Waals surface area contributed by atoms with E-state index in [-0.39, 0.29) is 39.0 Å². The van der Waals surface area contributed by atoms with Gasteiger partial charge in [-0.2, -0.15) is 5.26 Å². The Labute approximate surface area is 240 Å². The van der Waals surface area contributed by atoms with Gasteiger partial charge in [-0.15, -0.1) is 0 Å². The number of halogens is 4. The molecule has 1 fully saturated rings. The van der Waals surface area contributed by atoms with Crippen LogP contribution in [0, 0.1) is 28.4 Å². The topological polar surface area (TPSA) is 115 Å². The van der Waals surface area contributed by atoms with Crippen LogP contribution in [0.5, 0.6) is 0 Å². The van der Waals surface area contributed by atoms with Crippen LogP contribution in [0.2, 0.25) is 10.0 Å². The Balaban J connectivity index is 1.98. The first-order valence-electron chi connectivity index (χ1n) is 12.4. The molecule has 0 unspecified atom stereocenters. The van der Waals surface area contributed by atoms with Crippen LogP contribution in [0.25, 0.3) is 0 Å². The highest BCUT2D eigenvalue weighted by Gasteiger charge is 2.61. The predicted octanol–water partition coefficient (Wildman–Crippen LogP) is 6.33. The van der Waals surface area contributed by atoms with E-state index in [1.807, 2.05) is 20.8 Å². The molecule has 3 N–H and O–H groups in total. The van der Waals surface area contributed by atoms with Crippen molar-refractivity contribution in [1.29, 1.82) is 5.26 Å². The number of anilines is 1. The number of aromatic carboxylic acids is 1. The second-order valence-electron chi connectivity index (χ2n) is 10.9. The van der Waals surface area contributed by atoms with Crippen molar-refractivity contribution < 1.29 is 23.5 Å². The highest BCUT2D eigenvalue weighted by molar-refractivity contribution is 6.31. The van der Waals surface area contributed by atoms with Crippen molar-refractivity contribution in [3.63, 3.8) is 0 Å². The van der Waals surface area contributed by atoms with E-state index in [9.17, 15) is 20.0 Å². The first-order chi connectivity index (χ1) is 18.8. The molecule has 0 saturated carbocycles. The zero-order chi connectivity index (χ0) is 29.4. The third-order valence-electron chi connectivity index (χ3n) is 7.01. The number of nitriles is 1. The molecule has 0 radical (unpaired) electrons. The maximum absolute atomic E-state index is 15.7. The summed E-state index contributed by atoms with van der Waals surface area (Å²) in [4.78, 5) is 29.6. The van der Waals surface area contributed by atoms with E-state index >= 15 is 8.78 Å². The highest BCUT2D eigenvalue weighted by Crippen LogP contribution is 2.52. The Morgan fingerprint density at radius 3 is 2.52 bits per heavy atom. The molecule has 4 rings (SSSR count). The average molecular weight is 587 g/mol. The summed E-state index contributed by atoms with van der Waals surface area (Å²) in [6, 6.07) is 10.8. The molecule has 1 aliphatic heterocycles. The van der Waals surface area contributed by atoms with E-state index < -0.39 is 52.3 Å². The van der Waals surface area contributed by atoms with Crippen LogP contribution >= 0.6 is 23.2 Å². The van der Waals surface area contributed by atoms with Gasteiger partial charge in [-0.05, 0) is 47.7 Å². The molecule has 2 aromatic carbocycles. The molecule has 1 saturated heterocycles. The summed E-state index contributed by atoms with van der Waals surface area (Å²) in [7, 11) is 0. The van der Waals surface area contributed by atoms with Crippen molar-refractivity contribution in [1.82, 2.24) is 10.3 Å². The minimum absolute atomic E-state index is 0.0649. The van der Waals surface area contributed by atoms with Crippen LogP contribution in [-0.2, 0) is 10.2 Å². The Morgan fingerprint density at radius 2 is 1.90 bits per heavy atom. The molecule has 11 heteroatoms. The van der Waals surface area contributed by atoms with Gasteiger partial charge in [0.05, 0.1) is 17.1 Å². The van der Waals surface area contributed by atoms with Gasteiger partial charge < -0.3 is 15.7 Å². The van der Waals surface area contributed by atoms with Gasteiger partial charge in [0.15, 0.2) is 0 Å². The number of nitrogens with one attached hydrogen (secondary N) is 2. The number of carboxylic acids is 1. The summed E-state index contributed by atoms with van der Waals surface area (Å²) in [5.74, 6) is -5.27. The largest absolute Gasteiger partial charge is 0.478 e. The van der Waals surface area contributed by atoms with Crippen molar-refractivity contribution in [2.45, 2.75) is 50.6 Å². The fourth-order valence-corrected chi connectivity index (χ4v) is 5.77. The molecular weight excluding hydrogens is 561 g/mol. The molecule has 0 bridgehead atoms. The molecule has 40 heavy (non-hydrogen) atoms. The van der Waals surface area contributed by atoms with Gasteiger partial charge in [0.1, 0.15) is 28.4 Å². The number of carbonyl (C=O) groups is 2. The van der Waals surface area contributed by atoms with Crippen LogP contribution < -0.4 is 10.6 Å². The Kier molecular flexibility index (Phi) is 8.18. The van der Waals surface area contributed by atoms with E-state index in [0.29, 0.717) is 0 Å². The maximum Gasteiger partial charge on any atom is 0.339 e. The Hall–Kier alpha value is -3.58. The number of rotatable bonds is 6. The fraction of sp³-hybridized carbons (Fsp3) is 0.310. The van der Waals surface area contributed by atoms with Crippen LogP contribution in [-0.4, -0.2) is 34.1 Å². The third kappa shape index (κ3) is 5.39. The first-order valence-corrected chi connectivity index (χ1v) is 13.1. The molecule has 1 amide bonds.